The van der Waals surface area contributed by atoms with E-state index >= 15 is 0 Å². The van der Waals surface area contributed by atoms with E-state index in [0.717, 1.165) is 24.2 Å². The van der Waals surface area contributed by atoms with Gasteiger partial charge in [-0.3, -0.25) is 9.59 Å². The summed E-state index contributed by atoms with van der Waals surface area (Å²) < 4.78 is 6.13. The number of nitrogens with zero attached hydrogens (tertiary/aromatic N) is 2. The Labute approximate surface area is 210 Å². The maximum absolute atomic E-state index is 13.6. The van der Waals surface area contributed by atoms with Crippen LogP contribution >= 0.6 is 22.7 Å². The van der Waals surface area contributed by atoms with E-state index in [1.165, 1.54) is 21.8 Å². The summed E-state index contributed by atoms with van der Waals surface area (Å²) in [5, 5.41) is 3.99. The Morgan fingerprint density at radius 3 is 2.62 bits per heavy atom. The van der Waals surface area contributed by atoms with Gasteiger partial charge in [-0.1, -0.05) is 37.6 Å². The van der Waals surface area contributed by atoms with Gasteiger partial charge in [-0.15, -0.1) is 22.7 Å². The Morgan fingerprint density at radius 1 is 1.12 bits per heavy atom. The molecule has 0 spiro atoms. The number of benzene rings is 1. The van der Waals surface area contributed by atoms with Crippen molar-refractivity contribution in [1.82, 2.24) is 9.80 Å². The molecule has 1 aliphatic heterocycles. The van der Waals surface area contributed by atoms with Crippen LogP contribution in [-0.2, 0) is 11.2 Å². The molecule has 34 heavy (non-hydrogen) atoms. The van der Waals surface area contributed by atoms with E-state index in [1.807, 2.05) is 53.6 Å². The first kappa shape index (κ1) is 24.5. The number of ether oxygens (including phenoxy) is 1. The molecule has 1 atom stereocenters. The number of hydrogen-bond acceptors (Lipinski definition) is 5. The lowest BCUT2D eigenvalue weighted by molar-refractivity contribution is -0.135. The fourth-order valence-corrected chi connectivity index (χ4v) is 5.78. The normalized spacial score (nSPS) is 15.3. The minimum Gasteiger partial charge on any atom is -0.491 e. The second kappa shape index (κ2) is 11.2. The van der Waals surface area contributed by atoms with E-state index in [0.29, 0.717) is 30.5 Å². The van der Waals surface area contributed by atoms with Crippen molar-refractivity contribution in [3.8, 4) is 5.75 Å². The molecule has 180 valence electrons. The van der Waals surface area contributed by atoms with Crippen LogP contribution in [0.1, 0.15) is 52.0 Å². The van der Waals surface area contributed by atoms with Crippen molar-refractivity contribution in [3.63, 3.8) is 0 Å². The van der Waals surface area contributed by atoms with E-state index in [9.17, 15) is 9.59 Å². The summed E-state index contributed by atoms with van der Waals surface area (Å²) >= 11 is 3.16. The molecule has 3 heterocycles. The molecule has 4 rings (SSSR count). The van der Waals surface area contributed by atoms with Crippen molar-refractivity contribution in [1.29, 1.82) is 0 Å². The highest BCUT2D eigenvalue weighted by molar-refractivity contribution is 7.12. The van der Waals surface area contributed by atoms with Crippen LogP contribution in [0.25, 0.3) is 0 Å². The maximum Gasteiger partial charge on any atom is 0.264 e. The zero-order valence-electron chi connectivity index (χ0n) is 20.0. The predicted molar refractivity (Wildman–Crippen MR) is 139 cm³/mol. The molecule has 0 radical (unpaired) electrons. The average Bonchev–Trinajstić information content (AvgIpc) is 3.53. The quantitative estimate of drug-likeness (QED) is 0.376. The zero-order valence-corrected chi connectivity index (χ0v) is 21.7. The smallest absolute Gasteiger partial charge is 0.264 e. The lowest BCUT2D eigenvalue weighted by Crippen LogP contribution is -2.48. The van der Waals surface area contributed by atoms with Gasteiger partial charge in [-0.25, -0.2) is 0 Å². The Hall–Kier alpha value is -2.64. The van der Waals surface area contributed by atoms with Crippen LogP contribution in [0.4, 0.5) is 0 Å². The molecule has 1 aliphatic rings. The standard InChI is InChI=1S/C27H32N2O3S2/c1-19(2)10-13-28(27(31)25-5-4-15-33-25)17-26(30)29-14-11-24-22(12-16-34-24)23(29)18-32-21-8-6-20(3)7-9-21/h4-9,12,15-16,19,23H,10-11,13-14,17-18H2,1-3H3. The number of hydrogen-bond donors (Lipinski definition) is 0. The number of fused-ring (bicyclic) bond motifs is 1. The average molecular weight is 497 g/mol. The van der Waals surface area contributed by atoms with E-state index < -0.39 is 0 Å². The van der Waals surface area contributed by atoms with E-state index in [1.54, 1.807) is 16.2 Å². The molecule has 7 heteroatoms. The molecule has 0 fully saturated rings. The van der Waals surface area contributed by atoms with Gasteiger partial charge in [0.15, 0.2) is 0 Å². The molecule has 2 aromatic heterocycles. The fraction of sp³-hybridized carbons (Fsp3) is 0.407. The van der Waals surface area contributed by atoms with Gasteiger partial charge in [0.25, 0.3) is 5.91 Å². The monoisotopic (exact) mass is 496 g/mol. The number of carbonyl (C=O) groups excluding carboxylic acids is 2. The minimum absolute atomic E-state index is 0.0250. The van der Waals surface area contributed by atoms with Crippen molar-refractivity contribution in [2.45, 2.75) is 39.7 Å². The van der Waals surface area contributed by atoms with Crippen LogP contribution in [0.5, 0.6) is 5.75 Å². The van der Waals surface area contributed by atoms with Gasteiger partial charge in [0.1, 0.15) is 18.9 Å². The van der Waals surface area contributed by atoms with Crippen LogP contribution in [-0.4, -0.2) is 47.9 Å². The molecule has 0 N–H and O–H groups in total. The highest BCUT2D eigenvalue weighted by atomic mass is 32.1. The van der Waals surface area contributed by atoms with Crippen LogP contribution < -0.4 is 4.74 Å². The molecule has 3 aromatic rings. The van der Waals surface area contributed by atoms with Crippen LogP contribution in [0.2, 0.25) is 0 Å². The van der Waals surface area contributed by atoms with Crippen molar-refractivity contribution in [2.24, 2.45) is 5.92 Å². The third kappa shape index (κ3) is 5.88. The van der Waals surface area contributed by atoms with E-state index in [-0.39, 0.29) is 24.4 Å². The van der Waals surface area contributed by atoms with Crippen molar-refractivity contribution in [2.75, 3.05) is 26.2 Å². The molecule has 5 nitrogen and oxygen atoms in total. The lowest BCUT2D eigenvalue weighted by Gasteiger charge is -2.37. The summed E-state index contributed by atoms with van der Waals surface area (Å²) in [6.07, 6.45) is 1.70. The molecular formula is C27H32N2O3S2. The molecule has 1 unspecified atom stereocenters. The lowest BCUT2D eigenvalue weighted by atomic mass is 10.00. The highest BCUT2D eigenvalue weighted by Gasteiger charge is 2.33. The summed E-state index contributed by atoms with van der Waals surface area (Å²) in [4.78, 5) is 32.4. The van der Waals surface area contributed by atoms with Crippen LogP contribution in [0.15, 0.2) is 53.2 Å². The number of rotatable bonds is 9. The number of aryl methyl sites for hydroxylation is 1. The van der Waals surface area contributed by atoms with E-state index in [2.05, 4.69) is 25.3 Å². The first-order chi connectivity index (χ1) is 16.4. The zero-order chi connectivity index (χ0) is 24.1. The SMILES string of the molecule is Cc1ccc(OCC2c3ccsc3CCN2C(=O)CN(CCC(C)C)C(=O)c2cccs2)cc1. The first-order valence-electron chi connectivity index (χ1n) is 11.8. The van der Waals surface area contributed by atoms with Gasteiger partial charge in [0, 0.05) is 18.0 Å². The fourth-order valence-electron chi connectivity index (χ4n) is 4.16. The number of carbonyl (C=O) groups is 2. The molecule has 0 bridgehead atoms. The third-order valence-corrected chi connectivity index (χ3v) is 8.02. The van der Waals surface area contributed by atoms with Crippen molar-refractivity contribution >= 4 is 34.5 Å². The minimum atomic E-state index is -0.160. The summed E-state index contributed by atoms with van der Waals surface area (Å²) in [6.45, 7) is 8.01. The van der Waals surface area contributed by atoms with Crippen LogP contribution in [0, 0.1) is 12.8 Å². The van der Waals surface area contributed by atoms with Crippen molar-refractivity contribution in [3.05, 3.63) is 74.1 Å². The predicted octanol–water partition coefficient (Wildman–Crippen LogP) is 5.81. The largest absolute Gasteiger partial charge is 0.491 e. The summed E-state index contributed by atoms with van der Waals surface area (Å²) in [6, 6.07) is 13.6. The molecule has 0 aliphatic carbocycles. The number of thiophene rings is 2. The molecular weight excluding hydrogens is 464 g/mol. The third-order valence-electron chi connectivity index (χ3n) is 6.17. The van der Waals surface area contributed by atoms with E-state index in [4.69, 9.17) is 4.74 Å². The van der Waals surface area contributed by atoms with Gasteiger partial charge in [-0.05, 0) is 66.3 Å². The molecule has 2 amide bonds. The topological polar surface area (TPSA) is 49.9 Å². The molecule has 1 aromatic carbocycles. The van der Waals surface area contributed by atoms with Gasteiger partial charge in [0.05, 0.1) is 10.9 Å². The highest BCUT2D eigenvalue weighted by Crippen LogP contribution is 2.34. The first-order valence-corrected chi connectivity index (χ1v) is 13.6. The number of amides is 2. The second-order valence-electron chi connectivity index (χ2n) is 9.16. The van der Waals surface area contributed by atoms with Gasteiger partial charge < -0.3 is 14.5 Å². The van der Waals surface area contributed by atoms with Crippen molar-refractivity contribution < 1.29 is 14.3 Å². The summed E-state index contributed by atoms with van der Waals surface area (Å²) in [7, 11) is 0. The molecule has 0 saturated heterocycles. The van der Waals surface area contributed by atoms with Gasteiger partial charge in [0.2, 0.25) is 5.91 Å². The Kier molecular flexibility index (Phi) is 8.06. The second-order valence-corrected chi connectivity index (χ2v) is 11.1. The van der Waals surface area contributed by atoms with Crippen LogP contribution in [0.3, 0.4) is 0 Å². The Morgan fingerprint density at radius 2 is 1.91 bits per heavy atom. The maximum atomic E-state index is 13.6. The molecule has 0 saturated carbocycles. The Bertz CT molecular complexity index is 1090. The van der Waals surface area contributed by atoms with Gasteiger partial charge >= 0.3 is 0 Å². The summed E-state index contributed by atoms with van der Waals surface area (Å²) in [5.41, 5.74) is 2.34. The Balaban J connectivity index is 1.51. The van der Waals surface area contributed by atoms with Gasteiger partial charge in [-0.2, -0.15) is 0 Å². The summed E-state index contributed by atoms with van der Waals surface area (Å²) in [5.74, 6) is 1.16.